The average Bonchev–Trinajstić information content (AvgIpc) is 3.33. The lowest BCUT2D eigenvalue weighted by Crippen LogP contribution is -1.97. The van der Waals surface area contributed by atoms with Gasteiger partial charge < -0.3 is 13.4 Å². The third kappa shape index (κ3) is 5.41. The van der Waals surface area contributed by atoms with Crippen LogP contribution in [0.15, 0.2) is 215 Å². The minimum Gasteiger partial charge on any atom is -0.456 e. The fourth-order valence-electron chi connectivity index (χ4n) is 15.4. The fraction of sp³-hybridized carbons (Fsp3) is 0.0127. The zero-order valence-electron chi connectivity index (χ0n) is 44.0. The zero-order chi connectivity index (χ0) is 52.8. The van der Waals surface area contributed by atoms with Gasteiger partial charge in [0.05, 0.1) is 16.4 Å². The minimum absolute atomic E-state index is 0.776. The van der Waals surface area contributed by atoms with Crippen molar-refractivity contribution >= 4 is 154 Å². The highest BCUT2D eigenvalue weighted by atomic mass is 16.3. The van der Waals surface area contributed by atoms with Crippen molar-refractivity contribution in [3.8, 4) is 27.9 Å². The number of benzene rings is 14. The molecule has 3 aromatic heterocycles. The van der Waals surface area contributed by atoms with Gasteiger partial charge >= 0.3 is 0 Å². The molecule has 0 saturated carbocycles. The van der Waals surface area contributed by atoms with Crippen molar-refractivity contribution in [2.75, 3.05) is 0 Å². The topological polar surface area (TPSA) is 31.2 Å². The fourth-order valence-corrected chi connectivity index (χ4v) is 15.4. The molecule has 0 bridgehead atoms. The first-order valence-electron chi connectivity index (χ1n) is 28.6. The maximum Gasteiger partial charge on any atom is 0.145 e. The Hall–Kier alpha value is -10.5. The molecule has 3 nitrogen and oxygen atoms in total. The summed E-state index contributed by atoms with van der Waals surface area (Å²) in [6.07, 6.45) is 12.7. The van der Waals surface area contributed by atoms with Crippen LogP contribution in [0.25, 0.3) is 182 Å². The van der Waals surface area contributed by atoms with Crippen molar-refractivity contribution in [1.29, 1.82) is 0 Å². The second-order valence-corrected chi connectivity index (χ2v) is 23.3. The van der Waals surface area contributed by atoms with Crippen molar-refractivity contribution < 1.29 is 8.83 Å². The van der Waals surface area contributed by atoms with Crippen molar-refractivity contribution in [2.24, 2.45) is 0 Å². The largest absolute Gasteiger partial charge is 0.456 e. The molecular formula is C79H41NO2. The van der Waals surface area contributed by atoms with E-state index < -0.39 is 0 Å². The molecule has 0 amide bonds. The Morgan fingerprint density at radius 1 is 0.329 bits per heavy atom. The van der Waals surface area contributed by atoms with Crippen LogP contribution in [0.1, 0.15) is 50.1 Å². The SMILES string of the molecule is [CH]1c2c1c1ccc3c4ccccc4c4c(c3c1c1cc(-c3ccc5c6c(c7c8c(ccc7c5c3)CC(c3ccc5oc7ccccc7c5c3)=Cc3ccc(-n5c7ccccc7c7c9oc%10ccccc%10c9ccc75)cc3-8)[CH]6)ccc21)C=C4. The van der Waals surface area contributed by atoms with Gasteiger partial charge in [-0.05, 0) is 216 Å². The summed E-state index contributed by atoms with van der Waals surface area (Å²) in [6, 6.07) is 77.1. The number of furan rings is 2. The summed E-state index contributed by atoms with van der Waals surface area (Å²) in [5.74, 6) is 0. The molecule has 0 spiro atoms. The van der Waals surface area contributed by atoms with E-state index >= 15 is 0 Å². The third-order valence-electron chi connectivity index (χ3n) is 19.2. The van der Waals surface area contributed by atoms with Crippen LogP contribution in [-0.2, 0) is 6.42 Å². The normalized spacial score (nSPS) is 14.0. The molecule has 0 fully saturated rings. The van der Waals surface area contributed by atoms with E-state index in [-0.39, 0.29) is 0 Å². The minimum atomic E-state index is 0.776. The van der Waals surface area contributed by atoms with Gasteiger partial charge in [-0.25, -0.2) is 0 Å². The van der Waals surface area contributed by atoms with Crippen LogP contribution < -0.4 is 0 Å². The van der Waals surface area contributed by atoms with Crippen LogP contribution in [0.4, 0.5) is 0 Å². The number of hydrogen-bond donors (Lipinski definition) is 0. The van der Waals surface area contributed by atoms with Crippen molar-refractivity contribution in [3.05, 3.63) is 269 Å². The Morgan fingerprint density at radius 3 is 1.79 bits per heavy atom. The van der Waals surface area contributed by atoms with E-state index in [9.17, 15) is 0 Å². The maximum absolute atomic E-state index is 6.76. The van der Waals surface area contributed by atoms with Gasteiger partial charge in [0.2, 0.25) is 0 Å². The Bertz CT molecular complexity index is 6030. The van der Waals surface area contributed by atoms with E-state index in [1.165, 1.54) is 148 Å². The number of aromatic nitrogens is 1. The van der Waals surface area contributed by atoms with Gasteiger partial charge in [0, 0.05) is 45.5 Å². The maximum atomic E-state index is 6.76. The van der Waals surface area contributed by atoms with Crippen LogP contribution in [0, 0.1) is 12.8 Å². The smallest absolute Gasteiger partial charge is 0.145 e. The Kier molecular flexibility index (Phi) is 7.69. The molecule has 3 heteroatoms. The first kappa shape index (κ1) is 42.5. The summed E-state index contributed by atoms with van der Waals surface area (Å²) in [7, 11) is 0. The summed E-state index contributed by atoms with van der Waals surface area (Å²) in [5.41, 5.74) is 25.3. The lowest BCUT2D eigenvalue weighted by molar-refractivity contribution is 0.669. The van der Waals surface area contributed by atoms with E-state index in [0.29, 0.717) is 0 Å². The van der Waals surface area contributed by atoms with Crippen molar-refractivity contribution in [3.63, 3.8) is 0 Å². The highest BCUT2D eigenvalue weighted by Gasteiger charge is 2.32. The Morgan fingerprint density at radius 2 is 0.939 bits per heavy atom. The molecule has 4 aliphatic carbocycles. The molecule has 2 radical (unpaired) electrons. The standard InChI is InChI=1S/C79H41NO2/c1-2-10-49-48(9-1)50-26-27-56(50)75-55(49)28-29-58-65-39-63(65)52-24-19-42(37-67(52)77(58)75)41-18-23-51-62(35-41)57-25-20-45-34-46(43-21-32-73-66(36-43)54-12-5-7-15-71(54)81-73)33-44-17-22-47(38-61(44)74(45)76(57)68-40-64(51)68)80-69-14-6-3-13-60(69)78-70(80)31-30-59-53-11-4-8-16-72(53)82-79(59)78/h1-33,35-40H,34H2. The number of rotatable bonds is 3. The van der Waals surface area contributed by atoms with Crippen molar-refractivity contribution in [1.82, 2.24) is 4.57 Å². The zero-order valence-corrected chi connectivity index (χ0v) is 44.0. The van der Waals surface area contributed by atoms with Gasteiger partial charge in [0.15, 0.2) is 0 Å². The number of fused-ring (bicyclic) bond motifs is 33. The number of para-hydroxylation sites is 3. The number of allylic oxidation sites excluding steroid dienone is 1. The lowest BCUT2D eigenvalue weighted by Gasteiger charge is -2.20. The van der Waals surface area contributed by atoms with Gasteiger partial charge in [0.1, 0.15) is 22.3 Å². The van der Waals surface area contributed by atoms with Crippen LogP contribution in [0.5, 0.6) is 0 Å². The molecule has 17 aromatic rings. The quantitative estimate of drug-likeness (QED) is 0.165. The predicted octanol–water partition coefficient (Wildman–Crippen LogP) is 21.2. The molecule has 0 saturated heterocycles. The lowest BCUT2D eigenvalue weighted by atomic mass is 9.83. The first-order chi connectivity index (χ1) is 40.6. The molecule has 82 heavy (non-hydrogen) atoms. The molecule has 0 unspecified atom stereocenters. The summed E-state index contributed by atoms with van der Waals surface area (Å²) >= 11 is 0. The molecule has 3 heterocycles. The second-order valence-electron chi connectivity index (χ2n) is 23.3. The summed E-state index contributed by atoms with van der Waals surface area (Å²) in [5, 5.41) is 22.8. The Balaban J connectivity index is 0.795. The summed E-state index contributed by atoms with van der Waals surface area (Å²) in [4.78, 5) is 0. The highest BCUT2D eigenvalue weighted by Crippen LogP contribution is 2.54. The van der Waals surface area contributed by atoms with Gasteiger partial charge in [-0.15, -0.1) is 0 Å². The average molecular weight is 1040 g/mol. The van der Waals surface area contributed by atoms with Crippen LogP contribution in [-0.4, -0.2) is 4.57 Å². The molecule has 374 valence electrons. The van der Waals surface area contributed by atoms with E-state index in [2.05, 4.69) is 242 Å². The first-order valence-corrected chi connectivity index (χ1v) is 28.6. The number of hydrogen-bond acceptors (Lipinski definition) is 2. The second kappa shape index (κ2) is 14.8. The van der Waals surface area contributed by atoms with Crippen molar-refractivity contribution in [2.45, 2.75) is 6.42 Å². The van der Waals surface area contributed by atoms with E-state index in [0.717, 1.165) is 72.4 Å². The van der Waals surface area contributed by atoms with E-state index in [4.69, 9.17) is 8.83 Å². The van der Waals surface area contributed by atoms with E-state index in [1.807, 2.05) is 0 Å². The summed E-state index contributed by atoms with van der Waals surface area (Å²) < 4.78 is 15.6. The van der Waals surface area contributed by atoms with Gasteiger partial charge in [-0.3, -0.25) is 0 Å². The van der Waals surface area contributed by atoms with Gasteiger partial charge in [0.25, 0.3) is 0 Å². The van der Waals surface area contributed by atoms with Crippen LogP contribution in [0.2, 0.25) is 0 Å². The van der Waals surface area contributed by atoms with Crippen LogP contribution >= 0.6 is 0 Å². The number of nitrogens with zero attached hydrogens (tertiary/aromatic N) is 1. The molecule has 0 aliphatic heterocycles. The predicted molar refractivity (Wildman–Crippen MR) is 343 cm³/mol. The molecule has 0 N–H and O–H groups in total. The van der Waals surface area contributed by atoms with E-state index in [1.54, 1.807) is 0 Å². The molecule has 14 aromatic carbocycles. The summed E-state index contributed by atoms with van der Waals surface area (Å²) in [6.45, 7) is 0. The van der Waals surface area contributed by atoms with Crippen LogP contribution in [0.3, 0.4) is 0 Å². The molecule has 0 atom stereocenters. The molecule has 4 aliphatic rings. The molecule has 21 rings (SSSR count). The third-order valence-corrected chi connectivity index (χ3v) is 19.2. The monoisotopic (exact) mass is 1040 g/mol. The van der Waals surface area contributed by atoms with Gasteiger partial charge in [-0.1, -0.05) is 158 Å². The highest BCUT2D eigenvalue weighted by molar-refractivity contribution is 6.33. The Labute approximate surface area is 468 Å². The van der Waals surface area contributed by atoms with Gasteiger partial charge in [-0.2, -0.15) is 0 Å². The molecular weight excluding hydrogens is 995 g/mol.